The van der Waals surface area contributed by atoms with Gasteiger partial charge in [-0.05, 0) is 0 Å². The van der Waals surface area contributed by atoms with Crippen LogP contribution in [0, 0.1) is 11.3 Å². The summed E-state index contributed by atoms with van der Waals surface area (Å²) in [6, 6.07) is 2.02. The lowest BCUT2D eigenvalue weighted by Crippen LogP contribution is -2.09. The summed E-state index contributed by atoms with van der Waals surface area (Å²) in [4.78, 5) is 0. The molecule has 0 rings (SSSR count). The Morgan fingerprint density at radius 3 is 2.75 bits per heavy atom. The van der Waals surface area contributed by atoms with Crippen LogP contribution in [-0.2, 0) is 0 Å². The molecule has 0 aromatic heterocycles. The van der Waals surface area contributed by atoms with Gasteiger partial charge in [-0.2, -0.15) is 5.26 Å². The van der Waals surface area contributed by atoms with Gasteiger partial charge in [-0.15, -0.1) is 0 Å². The molecule has 0 saturated heterocycles. The molecular weight excluding hydrogens is 100 g/mol. The van der Waals surface area contributed by atoms with Gasteiger partial charge in [0.1, 0.15) is 19.3 Å². The topological polar surface area (TPSA) is 26.8 Å². The fourth-order valence-electron chi connectivity index (χ4n) is 0.495. The summed E-state index contributed by atoms with van der Waals surface area (Å²) in [5.74, 6) is 0. The predicted molar refractivity (Wildman–Crippen MR) is 33.0 cm³/mol. The van der Waals surface area contributed by atoms with Crippen LogP contribution in [0.1, 0.15) is 13.3 Å². The summed E-state index contributed by atoms with van der Waals surface area (Å²) < 4.78 is 1.75. The van der Waals surface area contributed by atoms with Crippen molar-refractivity contribution in [3.63, 3.8) is 0 Å². The molecule has 2 nitrogen and oxygen atoms in total. The third kappa shape index (κ3) is 3.35. The van der Waals surface area contributed by atoms with Crippen LogP contribution in [0.2, 0.25) is 0 Å². The number of nitriles is 1. The molecule has 0 N–H and O–H groups in total. The number of nitrogens with zero attached hydrogens (tertiary/aromatic N) is 2. The van der Waals surface area contributed by atoms with E-state index in [-0.39, 0.29) is 0 Å². The van der Waals surface area contributed by atoms with E-state index < -0.39 is 0 Å². The summed E-state index contributed by atoms with van der Waals surface area (Å²) >= 11 is 0. The molecule has 0 heterocycles. The van der Waals surface area contributed by atoms with E-state index in [1.807, 2.05) is 6.07 Å². The molecule has 8 heavy (non-hydrogen) atoms. The number of rotatable bonds is 3. The third-order valence-electron chi connectivity index (χ3n) is 0.834. The zero-order chi connectivity index (χ0) is 6.41. The van der Waals surface area contributed by atoms with Gasteiger partial charge in [0.15, 0.2) is 0 Å². The van der Waals surface area contributed by atoms with Crippen molar-refractivity contribution in [2.45, 2.75) is 13.3 Å². The summed E-state index contributed by atoms with van der Waals surface area (Å²) in [6.07, 6.45) is 1.06. The van der Waals surface area contributed by atoms with Gasteiger partial charge in [-0.25, -0.2) is 4.58 Å². The molecule has 0 aliphatic rings. The molecule has 0 amide bonds. The number of hydrogen-bond acceptors (Lipinski definition) is 1. The van der Waals surface area contributed by atoms with Crippen molar-refractivity contribution < 1.29 is 4.58 Å². The molecular formula is C6H11N2+. The van der Waals surface area contributed by atoms with Crippen molar-refractivity contribution >= 4 is 6.72 Å². The second kappa shape index (κ2) is 4.32. The summed E-state index contributed by atoms with van der Waals surface area (Å²) in [5, 5.41) is 8.13. The van der Waals surface area contributed by atoms with E-state index in [4.69, 9.17) is 5.26 Å². The molecule has 0 saturated carbocycles. The Hall–Kier alpha value is -0.840. The normalized spacial score (nSPS) is 8.00. The third-order valence-corrected chi connectivity index (χ3v) is 0.834. The average Bonchev–Trinajstić information content (AvgIpc) is 1.68. The molecule has 0 unspecified atom stereocenters. The molecule has 0 aromatic rings. The van der Waals surface area contributed by atoms with Crippen LogP contribution in [0.5, 0.6) is 0 Å². The lowest BCUT2D eigenvalue weighted by Gasteiger charge is -1.89. The van der Waals surface area contributed by atoms with Crippen LogP contribution in [0.15, 0.2) is 0 Å². The largest absolute Gasteiger partial charge is 0.229 e. The van der Waals surface area contributed by atoms with Gasteiger partial charge in [0, 0.05) is 6.42 Å². The van der Waals surface area contributed by atoms with E-state index in [1.54, 1.807) is 4.58 Å². The Bertz CT molecular complexity index is 110. The maximum Gasteiger partial charge on any atom is 0.228 e. The summed E-state index contributed by atoms with van der Waals surface area (Å²) in [7, 11) is 0. The Balaban J connectivity index is 3.23. The Morgan fingerprint density at radius 1 is 1.75 bits per heavy atom. The SMILES string of the molecule is C=[N+](CC#N)CCC. The Kier molecular flexibility index (Phi) is 3.87. The van der Waals surface area contributed by atoms with E-state index in [9.17, 15) is 0 Å². The first kappa shape index (κ1) is 7.16. The second-order valence-electron chi connectivity index (χ2n) is 1.71. The van der Waals surface area contributed by atoms with E-state index in [2.05, 4.69) is 13.6 Å². The van der Waals surface area contributed by atoms with Crippen molar-refractivity contribution in [2.75, 3.05) is 13.1 Å². The molecule has 0 aliphatic heterocycles. The molecule has 2 heteroatoms. The summed E-state index contributed by atoms with van der Waals surface area (Å²) in [6.45, 7) is 7.04. The minimum absolute atomic E-state index is 0.438. The minimum Gasteiger partial charge on any atom is -0.229 e. The second-order valence-corrected chi connectivity index (χ2v) is 1.71. The van der Waals surface area contributed by atoms with Gasteiger partial charge in [0.25, 0.3) is 0 Å². The monoisotopic (exact) mass is 111 g/mol. The predicted octanol–water partition coefficient (Wildman–Crippen LogP) is 0.633. The van der Waals surface area contributed by atoms with E-state index >= 15 is 0 Å². The molecule has 0 atom stereocenters. The maximum atomic E-state index is 8.13. The first-order valence-electron chi connectivity index (χ1n) is 2.73. The van der Waals surface area contributed by atoms with E-state index in [0.717, 1.165) is 13.0 Å². The standard InChI is InChI=1S/C6H11N2/c1-3-5-8(2)6-4-7/h2-3,5-6H2,1H3/q+1. The molecule has 0 bridgehead atoms. The van der Waals surface area contributed by atoms with Crippen LogP contribution in [0.3, 0.4) is 0 Å². The van der Waals surface area contributed by atoms with E-state index in [1.165, 1.54) is 0 Å². The van der Waals surface area contributed by atoms with Gasteiger partial charge in [-0.3, -0.25) is 0 Å². The maximum absolute atomic E-state index is 8.13. The highest BCUT2D eigenvalue weighted by Crippen LogP contribution is 1.75. The molecule has 0 aliphatic carbocycles. The average molecular weight is 111 g/mol. The van der Waals surface area contributed by atoms with Gasteiger partial charge in [0.2, 0.25) is 6.54 Å². The zero-order valence-electron chi connectivity index (χ0n) is 5.22. The highest BCUT2D eigenvalue weighted by atomic mass is 15.0. The first-order chi connectivity index (χ1) is 3.81. The lowest BCUT2D eigenvalue weighted by molar-refractivity contribution is -0.507. The highest BCUT2D eigenvalue weighted by molar-refractivity contribution is 5.14. The lowest BCUT2D eigenvalue weighted by atomic mass is 10.5. The van der Waals surface area contributed by atoms with Crippen LogP contribution in [-0.4, -0.2) is 24.4 Å². The van der Waals surface area contributed by atoms with Crippen molar-refractivity contribution in [1.82, 2.24) is 0 Å². The van der Waals surface area contributed by atoms with Crippen LogP contribution < -0.4 is 0 Å². The van der Waals surface area contributed by atoms with Gasteiger partial charge < -0.3 is 0 Å². The Morgan fingerprint density at radius 2 is 2.38 bits per heavy atom. The smallest absolute Gasteiger partial charge is 0.228 e. The van der Waals surface area contributed by atoms with Crippen molar-refractivity contribution in [3.8, 4) is 6.07 Å². The van der Waals surface area contributed by atoms with Crippen molar-refractivity contribution in [1.29, 1.82) is 5.26 Å². The minimum atomic E-state index is 0.438. The molecule has 0 spiro atoms. The van der Waals surface area contributed by atoms with Gasteiger partial charge in [-0.1, -0.05) is 6.92 Å². The van der Waals surface area contributed by atoms with Gasteiger partial charge in [0.05, 0.1) is 0 Å². The molecule has 0 fully saturated rings. The van der Waals surface area contributed by atoms with Crippen LogP contribution >= 0.6 is 0 Å². The highest BCUT2D eigenvalue weighted by Gasteiger charge is 1.92. The van der Waals surface area contributed by atoms with E-state index in [0.29, 0.717) is 6.54 Å². The fourth-order valence-corrected chi connectivity index (χ4v) is 0.495. The molecule has 44 valence electrons. The summed E-state index contributed by atoms with van der Waals surface area (Å²) in [5.41, 5.74) is 0. The zero-order valence-corrected chi connectivity index (χ0v) is 5.22. The van der Waals surface area contributed by atoms with Crippen LogP contribution in [0.4, 0.5) is 0 Å². The van der Waals surface area contributed by atoms with Gasteiger partial charge >= 0.3 is 0 Å². The number of hydrogen-bond donors (Lipinski definition) is 0. The Labute approximate surface area is 50.1 Å². The fraction of sp³-hybridized carbons (Fsp3) is 0.667. The van der Waals surface area contributed by atoms with Crippen molar-refractivity contribution in [3.05, 3.63) is 0 Å². The molecule has 0 aromatic carbocycles. The van der Waals surface area contributed by atoms with Crippen LogP contribution in [0.25, 0.3) is 0 Å². The quantitative estimate of drug-likeness (QED) is 0.298. The first-order valence-corrected chi connectivity index (χ1v) is 2.73. The molecule has 0 radical (unpaired) electrons. The van der Waals surface area contributed by atoms with Crippen molar-refractivity contribution in [2.24, 2.45) is 0 Å².